The van der Waals surface area contributed by atoms with Crippen LogP contribution in [-0.4, -0.2) is 11.0 Å². The van der Waals surface area contributed by atoms with E-state index in [2.05, 4.69) is 18.7 Å². The highest BCUT2D eigenvalue weighted by Gasteiger charge is 2.20. The van der Waals surface area contributed by atoms with Gasteiger partial charge in [-0.1, -0.05) is 64.7 Å². The molecule has 1 fully saturated rings. The third-order valence-electron chi connectivity index (χ3n) is 3.38. The molecule has 0 atom stereocenters. The fourth-order valence-electron chi connectivity index (χ4n) is 2.07. The van der Waals surface area contributed by atoms with E-state index in [0.717, 1.165) is 5.25 Å². The summed E-state index contributed by atoms with van der Waals surface area (Å²) in [5.41, 5.74) is 0. The van der Waals surface area contributed by atoms with E-state index in [1.165, 1.54) is 82.8 Å². The molecule has 0 aromatic rings. The summed E-state index contributed by atoms with van der Waals surface area (Å²) in [6.45, 7) is 2.29. The quantitative estimate of drug-likeness (QED) is 0.390. The molecule has 0 aromatic carbocycles. The Hall–Kier alpha value is 0.350. The van der Waals surface area contributed by atoms with E-state index >= 15 is 0 Å². The van der Waals surface area contributed by atoms with Crippen molar-refractivity contribution in [2.24, 2.45) is 0 Å². The number of hydrogen-bond donors (Lipinski definition) is 0. The molecule has 0 radical (unpaired) electrons. The Kier molecular flexibility index (Phi) is 9.46. The smallest absolute Gasteiger partial charge is 0.00478 e. The van der Waals surface area contributed by atoms with Crippen LogP contribution in [-0.2, 0) is 0 Å². The summed E-state index contributed by atoms with van der Waals surface area (Å²) in [5.74, 6) is 1.43. The van der Waals surface area contributed by atoms with E-state index in [1.807, 2.05) is 0 Å². The third-order valence-corrected chi connectivity index (χ3v) is 4.84. The highest BCUT2D eigenvalue weighted by atomic mass is 32.2. The molecule has 0 spiro atoms. The molecule has 0 saturated heterocycles. The first kappa shape index (κ1) is 14.4. The van der Waals surface area contributed by atoms with Crippen LogP contribution < -0.4 is 0 Å². The van der Waals surface area contributed by atoms with Crippen LogP contribution in [0.5, 0.6) is 0 Å². The van der Waals surface area contributed by atoms with Gasteiger partial charge in [0.15, 0.2) is 0 Å². The van der Waals surface area contributed by atoms with Crippen molar-refractivity contribution in [3.63, 3.8) is 0 Å². The zero-order valence-corrected chi connectivity index (χ0v) is 12.0. The van der Waals surface area contributed by atoms with E-state index in [-0.39, 0.29) is 0 Å². The van der Waals surface area contributed by atoms with Gasteiger partial charge in [-0.3, -0.25) is 0 Å². The minimum Gasteiger partial charge on any atom is -0.159 e. The second kappa shape index (κ2) is 10.5. The van der Waals surface area contributed by atoms with Crippen molar-refractivity contribution in [2.75, 3.05) is 5.75 Å². The maximum Gasteiger partial charge on any atom is 0.00478 e. The Morgan fingerprint density at radius 1 is 0.750 bits per heavy atom. The number of unbranched alkanes of at least 4 members (excludes halogenated alkanes) is 9. The van der Waals surface area contributed by atoms with Crippen molar-refractivity contribution in [1.29, 1.82) is 0 Å². The van der Waals surface area contributed by atoms with E-state index in [0.29, 0.717) is 0 Å². The highest BCUT2D eigenvalue weighted by molar-refractivity contribution is 8.00. The van der Waals surface area contributed by atoms with E-state index in [9.17, 15) is 0 Å². The zero-order valence-electron chi connectivity index (χ0n) is 11.2. The van der Waals surface area contributed by atoms with E-state index in [4.69, 9.17) is 0 Å². The van der Waals surface area contributed by atoms with Gasteiger partial charge in [-0.25, -0.2) is 0 Å². The summed E-state index contributed by atoms with van der Waals surface area (Å²) in [6, 6.07) is 0. The predicted molar refractivity (Wildman–Crippen MR) is 77.3 cm³/mol. The maximum absolute atomic E-state index is 2.29. The summed E-state index contributed by atoms with van der Waals surface area (Å²) in [7, 11) is 0. The van der Waals surface area contributed by atoms with Gasteiger partial charge in [0.25, 0.3) is 0 Å². The van der Waals surface area contributed by atoms with Gasteiger partial charge in [-0.05, 0) is 25.0 Å². The first-order valence-electron chi connectivity index (χ1n) is 7.55. The zero-order chi connectivity index (χ0) is 11.5. The van der Waals surface area contributed by atoms with Crippen LogP contribution in [0.1, 0.15) is 84.0 Å². The van der Waals surface area contributed by atoms with Crippen LogP contribution in [0.4, 0.5) is 0 Å². The molecule has 1 aliphatic carbocycles. The lowest BCUT2D eigenvalue weighted by atomic mass is 10.1. The molecule has 16 heavy (non-hydrogen) atoms. The first-order chi connectivity index (χ1) is 7.93. The summed E-state index contributed by atoms with van der Waals surface area (Å²) in [5, 5.41) is 1.07. The third kappa shape index (κ3) is 9.57. The van der Waals surface area contributed by atoms with Crippen LogP contribution in [0.3, 0.4) is 0 Å². The van der Waals surface area contributed by atoms with Crippen LogP contribution >= 0.6 is 11.8 Å². The Morgan fingerprint density at radius 3 is 1.75 bits per heavy atom. The molecule has 0 nitrogen and oxygen atoms in total. The minimum absolute atomic E-state index is 1.07. The van der Waals surface area contributed by atoms with Gasteiger partial charge in [0.1, 0.15) is 0 Å². The SMILES string of the molecule is CCCCCCCCCCCCSC1CC1. The molecule has 1 aliphatic rings. The lowest BCUT2D eigenvalue weighted by Crippen LogP contribution is -1.84. The molecule has 0 aromatic heterocycles. The topological polar surface area (TPSA) is 0 Å². The van der Waals surface area contributed by atoms with Crippen LogP contribution in [0.25, 0.3) is 0 Å². The molecular weight excluding hydrogens is 212 g/mol. The normalized spacial score (nSPS) is 15.6. The molecule has 0 aliphatic heterocycles. The van der Waals surface area contributed by atoms with Crippen LogP contribution in [0.2, 0.25) is 0 Å². The lowest BCUT2D eigenvalue weighted by molar-refractivity contribution is 0.563. The summed E-state index contributed by atoms with van der Waals surface area (Å²) in [4.78, 5) is 0. The van der Waals surface area contributed by atoms with Crippen LogP contribution in [0.15, 0.2) is 0 Å². The Bertz CT molecular complexity index is 140. The second-order valence-electron chi connectivity index (χ2n) is 5.25. The average Bonchev–Trinajstić information content (AvgIpc) is 3.10. The number of hydrogen-bond acceptors (Lipinski definition) is 1. The molecule has 1 rings (SSSR count). The second-order valence-corrected chi connectivity index (χ2v) is 6.66. The van der Waals surface area contributed by atoms with Crippen molar-refractivity contribution >= 4 is 11.8 Å². The molecule has 0 bridgehead atoms. The lowest BCUT2D eigenvalue weighted by Gasteiger charge is -2.02. The van der Waals surface area contributed by atoms with Gasteiger partial charge in [0.2, 0.25) is 0 Å². The predicted octanol–water partition coefficient (Wildman–Crippen LogP) is 5.80. The molecule has 1 heteroatoms. The monoisotopic (exact) mass is 242 g/mol. The molecule has 0 amide bonds. The molecule has 0 unspecified atom stereocenters. The standard InChI is InChI=1S/C15H30S/c1-2-3-4-5-6-7-8-9-10-11-14-16-15-12-13-15/h15H,2-14H2,1H3. The summed E-state index contributed by atoms with van der Waals surface area (Å²) >= 11 is 2.22. The van der Waals surface area contributed by atoms with Gasteiger partial charge >= 0.3 is 0 Å². The van der Waals surface area contributed by atoms with Crippen molar-refractivity contribution in [3.05, 3.63) is 0 Å². The van der Waals surface area contributed by atoms with Gasteiger partial charge in [0, 0.05) is 5.25 Å². The summed E-state index contributed by atoms with van der Waals surface area (Å²) < 4.78 is 0. The van der Waals surface area contributed by atoms with Gasteiger partial charge in [0.05, 0.1) is 0 Å². The maximum atomic E-state index is 2.29. The fourth-order valence-corrected chi connectivity index (χ4v) is 3.25. The van der Waals surface area contributed by atoms with Crippen LogP contribution in [0, 0.1) is 0 Å². The molecule has 0 N–H and O–H groups in total. The number of rotatable bonds is 12. The Balaban J connectivity index is 1.61. The fraction of sp³-hybridized carbons (Fsp3) is 1.00. The molecule has 0 heterocycles. The Labute approximate surface area is 107 Å². The van der Waals surface area contributed by atoms with E-state index < -0.39 is 0 Å². The molecule has 96 valence electrons. The molecular formula is C15H30S. The van der Waals surface area contributed by atoms with Crippen molar-refractivity contribution in [3.8, 4) is 0 Å². The minimum atomic E-state index is 1.07. The number of thioether (sulfide) groups is 1. The van der Waals surface area contributed by atoms with Crippen molar-refractivity contribution in [2.45, 2.75) is 89.2 Å². The highest BCUT2D eigenvalue weighted by Crippen LogP contribution is 2.34. The van der Waals surface area contributed by atoms with Gasteiger partial charge in [-0.15, -0.1) is 0 Å². The van der Waals surface area contributed by atoms with Gasteiger partial charge < -0.3 is 0 Å². The van der Waals surface area contributed by atoms with Crippen molar-refractivity contribution < 1.29 is 0 Å². The average molecular weight is 242 g/mol. The van der Waals surface area contributed by atoms with E-state index in [1.54, 1.807) is 0 Å². The Morgan fingerprint density at radius 2 is 1.25 bits per heavy atom. The molecule has 1 saturated carbocycles. The van der Waals surface area contributed by atoms with Crippen molar-refractivity contribution in [1.82, 2.24) is 0 Å². The first-order valence-corrected chi connectivity index (χ1v) is 8.60. The van der Waals surface area contributed by atoms with Gasteiger partial charge in [-0.2, -0.15) is 11.8 Å². The summed E-state index contributed by atoms with van der Waals surface area (Å²) in [6.07, 6.45) is 17.7. The largest absolute Gasteiger partial charge is 0.159 e.